The number of carbonyl (C=O) groups is 1. The van der Waals surface area contributed by atoms with E-state index in [0.29, 0.717) is 18.7 Å². The van der Waals surface area contributed by atoms with Crippen LogP contribution in [0.2, 0.25) is 0 Å². The molecule has 1 aromatic heterocycles. The van der Waals surface area contributed by atoms with Gasteiger partial charge in [-0.2, -0.15) is 5.10 Å². The van der Waals surface area contributed by atoms with E-state index < -0.39 is 0 Å². The Bertz CT molecular complexity index is 1250. The van der Waals surface area contributed by atoms with Gasteiger partial charge in [-0.1, -0.05) is 49.4 Å². The largest absolute Gasteiger partial charge is 0.439 e. The summed E-state index contributed by atoms with van der Waals surface area (Å²) in [5, 5.41) is 7.85. The van der Waals surface area contributed by atoms with Crippen molar-refractivity contribution in [3.63, 3.8) is 0 Å². The molecule has 5 heteroatoms. The topological polar surface area (TPSA) is 56.2 Å². The molecule has 3 aromatic carbocycles. The molecular formula is C28H29N3O2. The molecule has 1 amide bonds. The van der Waals surface area contributed by atoms with Crippen molar-refractivity contribution >= 4 is 11.6 Å². The highest BCUT2D eigenvalue weighted by atomic mass is 16.5. The maximum atomic E-state index is 12.7. The van der Waals surface area contributed by atoms with Crippen molar-refractivity contribution in [2.75, 3.05) is 5.32 Å². The van der Waals surface area contributed by atoms with E-state index in [-0.39, 0.29) is 5.91 Å². The van der Waals surface area contributed by atoms with Crippen molar-refractivity contribution in [3.8, 4) is 17.3 Å². The first-order chi connectivity index (χ1) is 16.0. The minimum atomic E-state index is -0.0309. The van der Waals surface area contributed by atoms with E-state index in [2.05, 4.69) is 12.2 Å². The number of amides is 1. The molecule has 0 saturated heterocycles. The molecule has 0 radical (unpaired) electrons. The zero-order chi connectivity index (χ0) is 23.2. The van der Waals surface area contributed by atoms with Gasteiger partial charge in [-0.15, -0.1) is 0 Å². The molecule has 1 N–H and O–H groups in total. The molecule has 0 saturated carbocycles. The van der Waals surface area contributed by atoms with Gasteiger partial charge < -0.3 is 10.1 Å². The number of nitrogens with one attached hydrogen (secondary N) is 1. The summed E-state index contributed by atoms with van der Waals surface area (Å²) in [6.45, 7) is 6.12. The van der Waals surface area contributed by atoms with Crippen LogP contribution in [-0.2, 0) is 17.6 Å². The number of aromatic nitrogens is 2. The third-order valence-corrected chi connectivity index (χ3v) is 5.46. The summed E-state index contributed by atoms with van der Waals surface area (Å²) in [6.07, 6.45) is 1.62. The molecular weight excluding hydrogens is 410 g/mol. The van der Waals surface area contributed by atoms with Crippen molar-refractivity contribution < 1.29 is 9.53 Å². The molecule has 4 rings (SSSR count). The lowest BCUT2D eigenvalue weighted by Crippen LogP contribution is -2.13. The lowest BCUT2D eigenvalue weighted by Gasteiger charge is -2.12. The Morgan fingerprint density at radius 1 is 0.939 bits per heavy atom. The number of carbonyl (C=O) groups excluding carboxylic acids is 1. The minimum absolute atomic E-state index is 0.0309. The molecule has 0 spiro atoms. The lowest BCUT2D eigenvalue weighted by atomic mass is 10.1. The molecule has 0 fully saturated rings. The fourth-order valence-corrected chi connectivity index (χ4v) is 3.84. The van der Waals surface area contributed by atoms with Crippen LogP contribution in [0.1, 0.15) is 35.7 Å². The number of hydrogen-bond acceptors (Lipinski definition) is 3. The third-order valence-electron chi connectivity index (χ3n) is 5.46. The summed E-state index contributed by atoms with van der Waals surface area (Å²) < 4.78 is 8.24. The van der Waals surface area contributed by atoms with Crippen LogP contribution in [0.5, 0.6) is 11.6 Å². The molecule has 0 bridgehead atoms. The van der Waals surface area contributed by atoms with Crippen LogP contribution in [-0.4, -0.2) is 15.7 Å². The highest BCUT2D eigenvalue weighted by molar-refractivity contribution is 5.90. The maximum absolute atomic E-state index is 12.7. The van der Waals surface area contributed by atoms with Gasteiger partial charge in [0.05, 0.1) is 11.4 Å². The zero-order valence-electron chi connectivity index (χ0n) is 19.3. The van der Waals surface area contributed by atoms with Gasteiger partial charge in [0.1, 0.15) is 5.75 Å². The summed E-state index contributed by atoms with van der Waals surface area (Å²) in [5.74, 6) is 1.38. The van der Waals surface area contributed by atoms with Crippen LogP contribution < -0.4 is 10.1 Å². The van der Waals surface area contributed by atoms with E-state index in [4.69, 9.17) is 9.84 Å². The first-order valence-corrected chi connectivity index (χ1v) is 11.3. The Hall–Kier alpha value is -3.86. The predicted molar refractivity (Wildman–Crippen MR) is 132 cm³/mol. The molecule has 0 atom stereocenters. The maximum Gasteiger partial charge on any atom is 0.226 e. The Morgan fingerprint density at radius 3 is 2.36 bits per heavy atom. The van der Waals surface area contributed by atoms with Crippen LogP contribution in [0.25, 0.3) is 5.69 Å². The van der Waals surface area contributed by atoms with Crippen LogP contribution >= 0.6 is 0 Å². The van der Waals surface area contributed by atoms with E-state index in [1.807, 2.05) is 97.4 Å². The summed E-state index contributed by atoms with van der Waals surface area (Å²) in [4.78, 5) is 12.7. The molecule has 0 aliphatic heterocycles. The Labute approximate surface area is 195 Å². The first kappa shape index (κ1) is 22.3. The van der Waals surface area contributed by atoms with Crippen molar-refractivity contribution in [1.82, 2.24) is 9.78 Å². The van der Waals surface area contributed by atoms with Crippen molar-refractivity contribution in [1.29, 1.82) is 0 Å². The van der Waals surface area contributed by atoms with Gasteiger partial charge in [0.2, 0.25) is 11.8 Å². The predicted octanol–water partition coefficient (Wildman–Crippen LogP) is 6.42. The normalized spacial score (nSPS) is 10.8. The van der Waals surface area contributed by atoms with Crippen molar-refractivity contribution in [3.05, 3.63) is 101 Å². The fourth-order valence-electron chi connectivity index (χ4n) is 3.84. The number of benzene rings is 3. The lowest BCUT2D eigenvalue weighted by molar-refractivity contribution is -0.116. The molecule has 4 aromatic rings. The SMILES string of the molecule is CCc1nn(-c2ccccc2)c(Oc2cccc(C)c2)c1CCC(=O)Nc1cccc(C)c1. The second kappa shape index (κ2) is 10.2. The average molecular weight is 440 g/mol. The van der Waals surface area contributed by atoms with Gasteiger partial charge in [-0.25, -0.2) is 4.68 Å². The van der Waals surface area contributed by atoms with Gasteiger partial charge >= 0.3 is 0 Å². The zero-order valence-corrected chi connectivity index (χ0v) is 19.3. The van der Waals surface area contributed by atoms with Gasteiger partial charge in [0.15, 0.2) is 0 Å². The molecule has 5 nitrogen and oxygen atoms in total. The first-order valence-electron chi connectivity index (χ1n) is 11.3. The Kier molecular flexibility index (Phi) is 6.89. The number of nitrogens with zero attached hydrogens (tertiary/aromatic N) is 2. The molecule has 0 aliphatic carbocycles. The minimum Gasteiger partial charge on any atom is -0.439 e. The molecule has 1 heterocycles. The number of hydrogen-bond donors (Lipinski definition) is 1. The second-order valence-corrected chi connectivity index (χ2v) is 8.17. The summed E-state index contributed by atoms with van der Waals surface area (Å²) in [7, 11) is 0. The molecule has 33 heavy (non-hydrogen) atoms. The standard InChI is InChI=1S/C28H29N3O2/c1-4-26-25(16-17-27(32)29-22-12-8-10-20(2)18-22)28(33-24-15-9-11-21(3)19-24)31(30-26)23-13-6-5-7-14-23/h5-15,18-19H,4,16-17H2,1-3H3,(H,29,32). The van der Waals surface area contributed by atoms with E-state index in [1.165, 1.54) is 0 Å². The molecule has 0 unspecified atom stereocenters. The third kappa shape index (κ3) is 5.50. The van der Waals surface area contributed by atoms with Crippen molar-refractivity contribution in [2.45, 2.75) is 40.0 Å². The smallest absolute Gasteiger partial charge is 0.226 e. The average Bonchev–Trinajstić information content (AvgIpc) is 3.15. The Morgan fingerprint density at radius 2 is 1.67 bits per heavy atom. The van der Waals surface area contributed by atoms with Gasteiger partial charge in [0.25, 0.3) is 0 Å². The van der Waals surface area contributed by atoms with Crippen LogP contribution in [0, 0.1) is 13.8 Å². The monoisotopic (exact) mass is 439 g/mol. The number of para-hydroxylation sites is 1. The Balaban J connectivity index is 1.64. The highest BCUT2D eigenvalue weighted by Crippen LogP contribution is 2.32. The number of rotatable bonds is 8. The van der Waals surface area contributed by atoms with E-state index >= 15 is 0 Å². The summed E-state index contributed by atoms with van der Waals surface area (Å²) >= 11 is 0. The van der Waals surface area contributed by atoms with Crippen molar-refractivity contribution in [2.24, 2.45) is 0 Å². The van der Waals surface area contributed by atoms with Gasteiger partial charge in [-0.05, 0) is 74.2 Å². The quantitative estimate of drug-likeness (QED) is 0.345. The van der Waals surface area contributed by atoms with Crippen LogP contribution in [0.4, 0.5) is 5.69 Å². The highest BCUT2D eigenvalue weighted by Gasteiger charge is 2.21. The van der Waals surface area contributed by atoms with E-state index in [0.717, 1.165) is 45.9 Å². The van der Waals surface area contributed by atoms with E-state index in [9.17, 15) is 4.79 Å². The second-order valence-electron chi connectivity index (χ2n) is 8.17. The van der Waals surface area contributed by atoms with Gasteiger partial charge in [-0.3, -0.25) is 4.79 Å². The molecule has 0 aliphatic rings. The number of anilines is 1. The van der Waals surface area contributed by atoms with Crippen LogP contribution in [0.15, 0.2) is 78.9 Å². The molecule has 168 valence electrons. The van der Waals surface area contributed by atoms with Gasteiger partial charge in [0, 0.05) is 17.7 Å². The summed E-state index contributed by atoms with van der Waals surface area (Å²) in [6, 6.07) is 25.7. The summed E-state index contributed by atoms with van der Waals surface area (Å²) in [5.41, 5.74) is 5.86. The van der Waals surface area contributed by atoms with Crippen LogP contribution in [0.3, 0.4) is 0 Å². The number of ether oxygens (including phenoxy) is 1. The van der Waals surface area contributed by atoms with E-state index in [1.54, 1.807) is 0 Å². The fraction of sp³-hybridized carbons (Fsp3) is 0.214. The number of aryl methyl sites for hydroxylation is 3.